The highest BCUT2D eigenvalue weighted by Crippen LogP contribution is 2.14. The van der Waals surface area contributed by atoms with E-state index < -0.39 is 0 Å². The average molecular weight is 243 g/mol. The number of rotatable bonds is 4. The number of benzene rings is 1. The summed E-state index contributed by atoms with van der Waals surface area (Å²) < 4.78 is 5.40. The molecule has 0 aromatic heterocycles. The van der Waals surface area contributed by atoms with Gasteiger partial charge in [0.05, 0.1) is 12.6 Å². The molecule has 1 aliphatic heterocycles. The van der Waals surface area contributed by atoms with Crippen LogP contribution in [0.4, 0.5) is 0 Å². The normalized spacial score (nSPS) is 19.5. The van der Waals surface area contributed by atoms with Crippen molar-refractivity contribution in [3.63, 3.8) is 0 Å². The van der Waals surface area contributed by atoms with E-state index in [-0.39, 0.29) is 11.9 Å². The Morgan fingerprint density at radius 1 is 1.39 bits per heavy atom. The summed E-state index contributed by atoms with van der Waals surface area (Å²) >= 11 is 0. The first-order valence-electron chi connectivity index (χ1n) is 6.15. The molecule has 1 N–H and O–H groups in total. The fraction of sp³-hybridized carbons (Fsp3) is 0.267. The van der Waals surface area contributed by atoms with Gasteiger partial charge in [0.25, 0.3) is 0 Å². The van der Waals surface area contributed by atoms with E-state index in [2.05, 4.69) is 5.32 Å². The topological polar surface area (TPSA) is 38.3 Å². The molecule has 0 spiro atoms. The van der Waals surface area contributed by atoms with Gasteiger partial charge in [-0.15, -0.1) is 0 Å². The Bertz CT molecular complexity index is 463. The molecule has 1 aromatic carbocycles. The first-order valence-corrected chi connectivity index (χ1v) is 6.15. The van der Waals surface area contributed by atoms with Crippen molar-refractivity contribution < 1.29 is 9.53 Å². The Labute approximate surface area is 107 Å². The summed E-state index contributed by atoms with van der Waals surface area (Å²) in [5.74, 6) is 0.663. The Morgan fingerprint density at radius 2 is 2.17 bits per heavy atom. The van der Waals surface area contributed by atoms with Crippen LogP contribution in [0.2, 0.25) is 0 Å². The number of hydrogen-bond acceptors (Lipinski definition) is 2. The van der Waals surface area contributed by atoms with Crippen LogP contribution in [0.3, 0.4) is 0 Å². The zero-order chi connectivity index (χ0) is 12.8. The second-order valence-corrected chi connectivity index (χ2v) is 4.13. The van der Waals surface area contributed by atoms with Crippen molar-refractivity contribution in [1.82, 2.24) is 5.32 Å². The predicted octanol–water partition coefficient (Wildman–Crippen LogP) is 2.51. The lowest BCUT2D eigenvalue weighted by Crippen LogP contribution is -2.36. The highest BCUT2D eigenvalue weighted by molar-refractivity contribution is 5.89. The van der Waals surface area contributed by atoms with E-state index in [1.54, 1.807) is 0 Å². The smallest absolute Gasteiger partial charge is 0.247 e. The summed E-state index contributed by atoms with van der Waals surface area (Å²) in [4.78, 5) is 11.5. The summed E-state index contributed by atoms with van der Waals surface area (Å²) in [6.45, 7) is 2.51. The average Bonchev–Trinajstić information content (AvgIpc) is 2.37. The van der Waals surface area contributed by atoms with E-state index in [4.69, 9.17) is 4.74 Å². The van der Waals surface area contributed by atoms with E-state index in [0.29, 0.717) is 13.0 Å². The highest BCUT2D eigenvalue weighted by Gasteiger charge is 2.17. The molecule has 0 fully saturated rings. The predicted molar refractivity (Wildman–Crippen MR) is 71.7 cm³/mol. The molecule has 1 amide bonds. The molecule has 18 heavy (non-hydrogen) atoms. The standard InChI is InChI=1S/C15H17NO2/c1-2-18-14-10-13(16-15(17)11-14)9-8-12-6-4-3-5-7-12/h3-9,11,13H,2,10H2,1H3,(H,16,17)/b9-8+. The molecule has 3 heteroatoms. The number of nitrogens with one attached hydrogen (secondary N) is 1. The summed E-state index contributed by atoms with van der Waals surface area (Å²) in [7, 11) is 0. The van der Waals surface area contributed by atoms with Gasteiger partial charge in [0.15, 0.2) is 0 Å². The molecule has 0 bridgehead atoms. The van der Waals surface area contributed by atoms with Gasteiger partial charge < -0.3 is 10.1 Å². The molecule has 1 aromatic rings. The van der Waals surface area contributed by atoms with Crippen LogP contribution >= 0.6 is 0 Å². The van der Waals surface area contributed by atoms with Crippen molar-refractivity contribution >= 4 is 12.0 Å². The highest BCUT2D eigenvalue weighted by atomic mass is 16.5. The molecule has 2 rings (SSSR count). The first kappa shape index (κ1) is 12.4. The largest absolute Gasteiger partial charge is 0.498 e. The lowest BCUT2D eigenvalue weighted by atomic mass is 10.1. The van der Waals surface area contributed by atoms with Crippen LogP contribution in [0.5, 0.6) is 0 Å². The first-order chi connectivity index (χ1) is 8.78. The SMILES string of the molecule is CCOC1=CC(=O)NC(/C=C/c2ccccc2)C1. The Balaban J connectivity index is 2.01. The fourth-order valence-corrected chi connectivity index (χ4v) is 1.89. The van der Waals surface area contributed by atoms with E-state index in [9.17, 15) is 4.79 Å². The van der Waals surface area contributed by atoms with Gasteiger partial charge >= 0.3 is 0 Å². The van der Waals surface area contributed by atoms with Crippen LogP contribution in [-0.2, 0) is 9.53 Å². The van der Waals surface area contributed by atoms with E-state index in [0.717, 1.165) is 11.3 Å². The number of carbonyl (C=O) groups is 1. The summed E-state index contributed by atoms with van der Waals surface area (Å²) in [6.07, 6.45) is 6.25. The molecule has 1 heterocycles. The molecule has 94 valence electrons. The molecule has 1 aliphatic rings. The van der Waals surface area contributed by atoms with Gasteiger partial charge in [-0.2, -0.15) is 0 Å². The van der Waals surface area contributed by atoms with Crippen molar-refractivity contribution in [3.05, 3.63) is 53.8 Å². The van der Waals surface area contributed by atoms with Crippen molar-refractivity contribution in [2.24, 2.45) is 0 Å². The lowest BCUT2D eigenvalue weighted by molar-refractivity contribution is -0.117. The van der Waals surface area contributed by atoms with Gasteiger partial charge in [0.2, 0.25) is 5.91 Å². The fourth-order valence-electron chi connectivity index (χ4n) is 1.89. The number of carbonyl (C=O) groups excluding carboxylic acids is 1. The molecule has 1 atom stereocenters. The lowest BCUT2D eigenvalue weighted by Gasteiger charge is -2.21. The molecule has 0 aliphatic carbocycles. The third-order valence-corrected chi connectivity index (χ3v) is 2.69. The van der Waals surface area contributed by atoms with Crippen molar-refractivity contribution in [2.75, 3.05) is 6.61 Å². The number of ether oxygens (including phenoxy) is 1. The van der Waals surface area contributed by atoms with Crippen LogP contribution < -0.4 is 5.32 Å². The summed E-state index contributed by atoms with van der Waals surface area (Å²) in [5.41, 5.74) is 1.12. The summed E-state index contributed by atoms with van der Waals surface area (Å²) in [5, 5.41) is 2.89. The zero-order valence-electron chi connectivity index (χ0n) is 10.4. The third-order valence-electron chi connectivity index (χ3n) is 2.69. The summed E-state index contributed by atoms with van der Waals surface area (Å²) in [6, 6.07) is 10.0. The molecule has 3 nitrogen and oxygen atoms in total. The Morgan fingerprint density at radius 3 is 2.89 bits per heavy atom. The number of hydrogen-bond donors (Lipinski definition) is 1. The Kier molecular flexibility index (Phi) is 4.18. The van der Waals surface area contributed by atoms with Crippen LogP contribution in [0.1, 0.15) is 18.9 Å². The van der Waals surface area contributed by atoms with Crippen LogP contribution in [0, 0.1) is 0 Å². The minimum Gasteiger partial charge on any atom is -0.498 e. The second kappa shape index (κ2) is 6.05. The Hall–Kier alpha value is -2.03. The van der Waals surface area contributed by atoms with Gasteiger partial charge in [-0.3, -0.25) is 4.79 Å². The third kappa shape index (κ3) is 3.48. The van der Waals surface area contributed by atoms with E-state index in [1.165, 1.54) is 6.08 Å². The van der Waals surface area contributed by atoms with Crippen molar-refractivity contribution in [1.29, 1.82) is 0 Å². The second-order valence-electron chi connectivity index (χ2n) is 4.13. The molecule has 0 saturated carbocycles. The van der Waals surface area contributed by atoms with Crippen LogP contribution in [-0.4, -0.2) is 18.6 Å². The van der Waals surface area contributed by atoms with E-state index >= 15 is 0 Å². The maximum absolute atomic E-state index is 11.5. The number of amides is 1. The van der Waals surface area contributed by atoms with Crippen LogP contribution in [0.15, 0.2) is 48.2 Å². The molecule has 0 radical (unpaired) electrons. The van der Waals surface area contributed by atoms with Gasteiger partial charge in [-0.05, 0) is 12.5 Å². The molecule has 1 unspecified atom stereocenters. The molecule has 0 saturated heterocycles. The van der Waals surface area contributed by atoms with E-state index in [1.807, 2.05) is 49.4 Å². The monoisotopic (exact) mass is 243 g/mol. The van der Waals surface area contributed by atoms with Gasteiger partial charge in [-0.25, -0.2) is 0 Å². The maximum atomic E-state index is 11.5. The molecular formula is C15H17NO2. The minimum atomic E-state index is -0.0904. The van der Waals surface area contributed by atoms with Gasteiger partial charge in [0, 0.05) is 12.5 Å². The minimum absolute atomic E-state index is 0.00394. The van der Waals surface area contributed by atoms with Crippen LogP contribution in [0.25, 0.3) is 6.08 Å². The van der Waals surface area contributed by atoms with Gasteiger partial charge in [-0.1, -0.05) is 42.5 Å². The zero-order valence-corrected chi connectivity index (χ0v) is 10.4. The quantitative estimate of drug-likeness (QED) is 0.882. The van der Waals surface area contributed by atoms with Crippen molar-refractivity contribution in [3.8, 4) is 0 Å². The maximum Gasteiger partial charge on any atom is 0.247 e. The molecular weight excluding hydrogens is 226 g/mol. The van der Waals surface area contributed by atoms with Crippen molar-refractivity contribution in [2.45, 2.75) is 19.4 Å². The van der Waals surface area contributed by atoms with Gasteiger partial charge in [0.1, 0.15) is 5.76 Å².